The fraction of sp³-hybridized carbons (Fsp3) is 0.672. The molecule has 0 aromatic heterocycles. The minimum absolute atomic E-state index is 0.0367. The molecule has 3 unspecified atom stereocenters. The highest BCUT2D eigenvalue weighted by Gasteiger charge is 2.28. The Kier molecular flexibility index (Phi) is 49.1. The van der Waals surface area contributed by atoms with Crippen molar-refractivity contribution in [3.63, 3.8) is 0 Å². The van der Waals surface area contributed by atoms with Crippen molar-refractivity contribution >= 4 is 25.7 Å². The Hall–Kier alpha value is -3.60. The van der Waals surface area contributed by atoms with Gasteiger partial charge in [-0.15, -0.1) is 0 Å². The molecule has 0 rings (SSSR count). The number of carbonyl (C=O) groups is 3. The average molecular weight is 1000 g/mol. The lowest BCUT2D eigenvalue weighted by Crippen LogP contribution is -2.30. The minimum atomic E-state index is -4.77. The van der Waals surface area contributed by atoms with Crippen LogP contribution in [0.5, 0.6) is 0 Å². The molecule has 0 aliphatic rings. The van der Waals surface area contributed by atoms with Crippen LogP contribution in [0, 0.1) is 0 Å². The number of hydrogen-bond acceptors (Lipinski definition) is 10. The first-order valence-corrected chi connectivity index (χ1v) is 28.6. The van der Waals surface area contributed by atoms with Crippen LogP contribution >= 0.6 is 7.82 Å². The first-order chi connectivity index (χ1) is 34.2. The van der Waals surface area contributed by atoms with Gasteiger partial charge in [-0.3, -0.25) is 23.4 Å². The Morgan fingerprint density at radius 2 is 0.786 bits per heavy atom. The molecule has 0 aromatic carbocycles. The zero-order valence-corrected chi connectivity index (χ0v) is 44.8. The summed E-state index contributed by atoms with van der Waals surface area (Å²) in [5.74, 6) is -1.60. The molecule has 0 aliphatic heterocycles. The second kappa shape index (κ2) is 51.7. The second-order valence-electron chi connectivity index (χ2n) is 17.7. The molecule has 0 bridgehead atoms. The van der Waals surface area contributed by atoms with Crippen LogP contribution in [0.1, 0.15) is 213 Å². The number of carbonyl (C=O) groups excluding carboxylic acids is 3. The standard InChI is InChI=1S/C58H97O11P/c1-4-7-10-13-16-19-22-24-25-26-27-28-29-31-34-37-40-43-46-49-58(62)69-55(51-65-56(60)47-44-41-38-35-33-30-23-20-17-14-11-8-5-2)53-67-70(63,64)66-52-54(50-59)68-57(61)48-45-42-39-36-32-21-18-15-12-9-6-3/h7,10,15-16,18-20,23-25,27-28,31,34,40,43,54-55,59H,4-6,8-9,11-14,17,21-22,26,29-30,32-33,35-39,41-42,44-53H2,1-3H3,(H,63,64)/b10-7-,18-15-,19-16-,23-20-,25-24-,28-27-,34-31-,43-40-. The topological polar surface area (TPSA) is 155 Å². The molecular weight excluding hydrogens is 904 g/mol. The third-order valence-electron chi connectivity index (χ3n) is 11.0. The maximum absolute atomic E-state index is 12.9. The molecular formula is C58H97O11P. The van der Waals surface area contributed by atoms with Gasteiger partial charge in [0.05, 0.1) is 19.8 Å². The summed E-state index contributed by atoms with van der Waals surface area (Å²) in [5.41, 5.74) is 0. The summed E-state index contributed by atoms with van der Waals surface area (Å²) in [4.78, 5) is 48.3. The SMILES string of the molecule is CC/C=C\C/C=C\C/C=C\C/C=C\C/C=C\C/C=C\CCC(=O)OC(COC(=O)CCCCCCC/C=C\CCCCCC)COP(=O)(O)OCC(CO)OC(=O)CCCCCCC/C=C\CCCC. The van der Waals surface area contributed by atoms with Crippen LogP contribution in [0.3, 0.4) is 0 Å². The highest BCUT2D eigenvalue weighted by Crippen LogP contribution is 2.43. The van der Waals surface area contributed by atoms with Gasteiger partial charge in [0.15, 0.2) is 6.10 Å². The van der Waals surface area contributed by atoms with E-state index in [0.29, 0.717) is 25.7 Å². The summed E-state index contributed by atoms with van der Waals surface area (Å²) in [6, 6.07) is 0. The van der Waals surface area contributed by atoms with Crippen LogP contribution < -0.4 is 0 Å². The number of esters is 3. The molecule has 0 aliphatic carbocycles. The largest absolute Gasteiger partial charge is 0.472 e. The fourth-order valence-corrected chi connectivity index (χ4v) is 7.61. The average Bonchev–Trinajstić information content (AvgIpc) is 3.35. The van der Waals surface area contributed by atoms with E-state index in [-0.39, 0.29) is 25.9 Å². The summed E-state index contributed by atoms with van der Waals surface area (Å²) in [5, 5.41) is 9.77. The van der Waals surface area contributed by atoms with Crippen LogP contribution in [-0.2, 0) is 42.2 Å². The molecule has 0 saturated carbocycles. The van der Waals surface area contributed by atoms with Gasteiger partial charge in [-0.25, -0.2) is 4.57 Å². The lowest BCUT2D eigenvalue weighted by molar-refractivity contribution is -0.161. The smallest absolute Gasteiger partial charge is 0.462 e. The van der Waals surface area contributed by atoms with E-state index in [1.807, 2.05) is 12.2 Å². The maximum Gasteiger partial charge on any atom is 0.472 e. The first kappa shape index (κ1) is 66.4. The van der Waals surface area contributed by atoms with E-state index < -0.39 is 57.8 Å². The summed E-state index contributed by atoms with van der Waals surface area (Å²) in [6.45, 7) is 4.35. The molecule has 3 atom stereocenters. The van der Waals surface area contributed by atoms with Gasteiger partial charge in [-0.05, 0) is 103 Å². The van der Waals surface area contributed by atoms with Gasteiger partial charge in [0.2, 0.25) is 0 Å². The van der Waals surface area contributed by atoms with Gasteiger partial charge in [0.25, 0.3) is 0 Å². The van der Waals surface area contributed by atoms with Gasteiger partial charge < -0.3 is 24.2 Å². The zero-order valence-electron chi connectivity index (χ0n) is 43.9. The number of allylic oxidation sites excluding steroid dienone is 16. The summed E-state index contributed by atoms with van der Waals surface area (Å²) < 4.78 is 39.3. The van der Waals surface area contributed by atoms with Crippen LogP contribution in [0.2, 0.25) is 0 Å². The van der Waals surface area contributed by atoms with Crippen LogP contribution in [0.25, 0.3) is 0 Å². The lowest BCUT2D eigenvalue weighted by atomic mass is 10.1. The number of hydrogen-bond donors (Lipinski definition) is 2. The van der Waals surface area contributed by atoms with Crippen molar-refractivity contribution in [2.45, 2.75) is 226 Å². The quantitative estimate of drug-likeness (QED) is 0.0197. The van der Waals surface area contributed by atoms with E-state index in [9.17, 15) is 28.9 Å². The molecule has 11 nitrogen and oxygen atoms in total. The summed E-state index contributed by atoms with van der Waals surface area (Å²) >= 11 is 0. The Balaban J connectivity index is 4.88. The van der Waals surface area contributed by atoms with Crippen molar-refractivity contribution < 1.29 is 52.2 Å². The second-order valence-corrected chi connectivity index (χ2v) is 19.1. The Labute approximate surface area is 425 Å². The molecule has 400 valence electrons. The van der Waals surface area contributed by atoms with Gasteiger partial charge in [0.1, 0.15) is 12.7 Å². The van der Waals surface area contributed by atoms with Crippen molar-refractivity contribution in [1.82, 2.24) is 0 Å². The molecule has 12 heteroatoms. The van der Waals surface area contributed by atoms with E-state index in [4.69, 9.17) is 23.3 Å². The summed E-state index contributed by atoms with van der Waals surface area (Å²) in [7, 11) is -4.77. The number of aliphatic hydroxyl groups is 1. The Morgan fingerprint density at radius 3 is 1.27 bits per heavy atom. The molecule has 0 radical (unpaired) electrons. The number of unbranched alkanes of at least 4 members (excludes halogenated alkanes) is 16. The molecule has 0 heterocycles. The third-order valence-corrected chi connectivity index (χ3v) is 11.9. The maximum atomic E-state index is 12.9. The van der Waals surface area contributed by atoms with Crippen molar-refractivity contribution in [2.75, 3.05) is 26.4 Å². The monoisotopic (exact) mass is 1000 g/mol. The van der Waals surface area contributed by atoms with Crippen LogP contribution in [0.15, 0.2) is 97.2 Å². The molecule has 0 spiro atoms. The molecule has 2 N–H and O–H groups in total. The highest BCUT2D eigenvalue weighted by molar-refractivity contribution is 7.47. The zero-order chi connectivity index (χ0) is 51.3. The highest BCUT2D eigenvalue weighted by atomic mass is 31.2. The predicted octanol–water partition coefficient (Wildman–Crippen LogP) is 15.7. The number of ether oxygens (including phenoxy) is 3. The van der Waals surface area contributed by atoms with E-state index in [1.54, 1.807) is 0 Å². The van der Waals surface area contributed by atoms with Gasteiger partial charge in [-0.1, -0.05) is 189 Å². The van der Waals surface area contributed by atoms with Gasteiger partial charge >= 0.3 is 25.7 Å². The lowest BCUT2D eigenvalue weighted by Gasteiger charge is -2.21. The number of phosphoric ester groups is 1. The molecule has 70 heavy (non-hydrogen) atoms. The molecule has 0 aromatic rings. The summed E-state index contributed by atoms with van der Waals surface area (Å²) in [6.07, 6.45) is 59.6. The van der Waals surface area contributed by atoms with E-state index in [2.05, 4.69) is 106 Å². The number of aliphatic hydroxyl groups excluding tert-OH is 1. The fourth-order valence-electron chi connectivity index (χ4n) is 6.83. The van der Waals surface area contributed by atoms with Crippen molar-refractivity contribution in [1.29, 1.82) is 0 Å². The van der Waals surface area contributed by atoms with Crippen molar-refractivity contribution in [3.05, 3.63) is 97.2 Å². The van der Waals surface area contributed by atoms with E-state index >= 15 is 0 Å². The molecule has 0 saturated heterocycles. The first-order valence-electron chi connectivity index (χ1n) is 27.1. The van der Waals surface area contributed by atoms with Crippen LogP contribution in [-0.4, -0.2) is 66.5 Å². The van der Waals surface area contributed by atoms with E-state index in [0.717, 1.165) is 109 Å². The van der Waals surface area contributed by atoms with E-state index in [1.165, 1.54) is 38.5 Å². The number of rotatable bonds is 49. The molecule has 0 amide bonds. The van der Waals surface area contributed by atoms with Crippen molar-refractivity contribution in [3.8, 4) is 0 Å². The van der Waals surface area contributed by atoms with Crippen LogP contribution in [0.4, 0.5) is 0 Å². The Morgan fingerprint density at radius 1 is 0.414 bits per heavy atom. The number of phosphoric acid groups is 1. The van der Waals surface area contributed by atoms with Gasteiger partial charge in [-0.2, -0.15) is 0 Å². The third kappa shape index (κ3) is 49.4. The molecule has 0 fully saturated rings. The Bertz CT molecular complexity index is 1540. The minimum Gasteiger partial charge on any atom is -0.462 e. The van der Waals surface area contributed by atoms with Crippen molar-refractivity contribution in [2.24, 2.45) is 0 Å². The van der Waals surface area contributed by atoms with Gasteiger partial charge in [0, 0.05) is 19.3 Å². The predicted molar refractivity (Wildman–Crippen MR) is 288 cm³/mol. The normalized spacial score (nSPS) is 14.2.